The molecule has 2 aromatic heterocycles. The molecule has 0 amide bonds. The molecule has 106 valence electrons. The Kier molecular flexibility index (Phi) is 4.50. The summed E-state index contributed by atoms with van der Waals surface area (Å²) < 4.78 is 0. The summed E-state index contributed by atoms with van der Waals surface area (Å²) in [6.07, 6.45) is 3.60. The molecule has 2 aromatic rings. The van der Waals surface area contributed by atoms with Gasteiger partial charge < -0.3 is 5.32 Å². The van der Waals surface area contributed by atoms with Gasteiger partial charge in [0.1, 0.15) is 0 Å². The van der Waals surface area contributed by atoms with Crippen LogP contribution in [0.5, 0.6) is 0 Å². The first-order valence-corrected chi connectivity index (χ1v) is 7.08. The molecule has 3 nitrogen and oxygen atoms in total. The van der Waals surface area contributed by atoms with Crippen LogP contribution in [0.1, 0.15) is 39.3 Å². The number of hydrogen-bond acceptors (Lipinski definition) is 3. The van der Waals surface area contributed by atoms with E-state index in [1.807, 2.05) is 18.2 Å². The van der Waals surface area contributed by atoms with Crippen molar-refractivity contribution in [2.45, 2.75) is 39.2 Å². The smallest absolute Gasteiger partial charge is 0.0706 e. The minimum atomic E-state index is 0.136. The third-order valence-electron chi connectivity index (χ3n) is 3.19. The molecule has 3 heteroatoms. The van der Waals surface area contributed by atoms with Crippen molar-refractivity contribution in [3.05, 3.63) is 48.4 Å². The molecular formula is C17H23N3. The Labute approximate surface area is 121 Å². The quantitative estimate of drug-likeness (QED) is 0.921. The highest BCUT2D eigenvalue weighted by Gasteiger charge is 2.13. The van der Waals surface area contributed by atoms with Crippen molar-refractivity contribution in [1.29, 1.82) is 0 Å². The van der Waals surface area contributed by atoms with Gasteiger partial charge in [-0.15, -0.1) is 0 Å². The number of nitrogens with one attached hydrogen (secondary N) is 1. The maximum Gasteiger partial charge on any atom is 0.0706 e. The van der Waals surface area contributed by atoms with Crippen LogP contribution in [0.2, 0.25) is 0 Å². The number of aromatic nitrogens is 2. The van der Waals surface area contributed by atoms with Crippen molar-refractivity contribution in [2.24, 2.45) is 0 Å². The maximum atomic E-state index is 4.78. The van der Waals surface area contributed by atoms with Crippen LogP contribution in [0.25, 0.3) is 11.3 Å². The van der Waals surface area contributed by atoms with E-state index in [9.17, 15) is 0 Å². The second kappa shape index (κ2) is 6.14. The molecule has 0 saturated carbocycles. The summed E-state index contributed by atoms with van der Waals surface area (Å²) in [5, 5.41) is 3.53. The molecule has 0 radical (unpaired) electrons. The molecule has 0 aliphatic rings. The Morgan fingerprint density at radius 3 is 2.45 bits per heavy atom. The molecule has 20 heavy (non-hydrogen) atoms. The molecule has 0 aliphatic heterocycles. The van der Waals surface area contributed by atoms with Crippen LogP contribution in [0, 0.1) is 0 Å². The normalized spacial score (nSPS) is 13.2. The second-order valence-electron chi connectivity index (χ2n) is 6.22. The van der Waals surface area contributed by atoms with Crippen molar-refractivity contribution in [3.63, 3.8) is 0 Å². The molecule has 0 bridgehead atoms. The van der Waals surface area contributed by atoms with Gasteiger partial charge in [-0.2, -0.15) is 0 Å². The highest BCUT2D eigenvalue weighted by molar-refractivity contribution is 5.58. The van der Waals surface area contributed by atoms with Gasteiger partial charge in [-0.3, -0.25) is 9.97 Å². The molecule has 2 rings (SSSR count). The largest absolute Gasteiger partial charge is 0.311 e. The summed E-state index contributed by atoms with van der Waals surface area (Å²) in [5.74, 6) is 0.385. The number of pyridine rings is 2. The minimum absolute atomic E-state index is 0.136. The summed E-state index contributed by atoms with van der Waals surface area (Å²) in [6, 6.07) is 10.2. The van der Waals surface area contributed by atoms with E-state index in [-0.39, 0.29) is 5.54 Å². The second-order valence-corrected chi connectivity index (χ2v) is 6.22. The van der Waals surface area contributed by atoms with E-state index in [4.69, 9.17) is 4.98 Å². The van der Waals surface area contributed by atoms with Crippen molar-refractivity contribution in [1.82, 2.24) is 15.3 Å². The molecular weight excluding hydrogens is 246 g/mol. The number of nitrogens with zero attached hydrogens (tertiary/aromatic N) is 2. The predicted octanol–water partition coefficient (Wildman–Crippen LogP) is 3.64. The summed E-state index contributed by atoms with van der Waals surface area (Å²) in [6.45, 7) is 9.68. The summed E-state index contributed by atoms with van der Waals surface area (Å²) in [4.78, 5) is 8.82. The monoisotopic (exact) mass is 269 g/mol. The van der Waals surface area contributed by atoms with Crippen molar-refractivity contribution in [3.8, 4) is 11.3 Å². The lowest BCUT2D eigenvalue weighted by Gasteiger charge is -2.23. The van der Waals surface area contributed by atoms with Crippen LogP contribution in [-0.2, 0) is 0 Å². The van der Waals surface area contributed by atoms with Crippen LogP contribution in [-0.4, -0.2) is 22.1 Å². The zero-order valence-corrected chi connectivity index (χ0v) is 12.7. The fourth-order valence-electron chi connectivity index (χ4n) is 1.97. The van der Waals surface area contributed by atoms with E-state index in [0.29, 0.717) is 5.92 Å². The Bertz CT molecular complexity index is 544. The van der Waals surface area contributed by atoms with Crippen LogP contribution >= 0.6 is 0 Å². The lowest BCUT2D eigenvalue weighted by atomic mass is 10.0. The van der Waals surface area contributed by atoms with E-state index in [0.717, 1.165) is 23.5 Å². The highest BCUT2D eigenvalue weighted by atomic mass is 14.9. The predicted molar refractivity (Wildman–Crippen MR) is 83.6 cm³/mol. The molecule has 1 N–H and O–H groups in total. The van der Waals surface area contributed by atoms with Gasteiger partial charge in [-0.1, -0.05) is 13.0 Å². The zero-order valence-electron chi connectivity index (χ0n) is 12.7. The van der Waals surface area contributed by atoms with Gasteiger partial charge >= 0.3 is 0 Å². The summed E-state index contributed by atoms with van der Waals surface area (Å²) in [5.41, 5.74) is 3.37. The zero-order chi connectivity index (χ0) is 14.6. The first kappa shape index (κ1) is 14.7. The first-order chi connectivity index (χ1) is 9.46. The van der Waals surface area contributed by atoms with E-state index < -0.39 is 0 Å². The van der Waals surface area contributed by atoms with Crippen molar-refractivity contribution < 1.29 is 0 Å². The average Bonchev–Trinajstić information content (AvgIpc) is 2.45. The standard InChI is InChI=1S/C17H23N3/c1-13(12-19-17(2,3)4)15-6-5-7-16(20-15)14-8-10-18-11-9-14/h5-11,13,19H,12H2,1-4H3/t13-/m1/s1. The van der Waals surface area contributed by atoms with Gasteiger partial charge in [-0.25, -0.2) is 0 Å². The van der Waals surface area contributed by atoms with E-state index >= 15 is 0 Å². The first-order valence-electron chi connectivity index (χ1n) is 7.08. The van der Waals surface area contributed by atoms with Crippen molar-refractivity contribution >= 4 is 0 Å². The molecule has 0 saturated heterocycles. The summed E-state index contributed by atoms with van der Waals surface area (Å²) in [7, 11) is 0. The Balaban J connectivity index is 2.14. The van der Waals surface area contributed by atoms with Gasteiger partial charge in [0.15, 0.2) is 0 Å². The van der Waals surface area contributed by atoms with Crippen molar-refractivity contribution in [2.75, 3.05) is 6.54 Å². The van der Waals surface area contributed by atoms with Gasteiger partial charge in [0.2, 0.25) is 0 Å². The lowest BCUT2D eigenvalue weighted by Crippen LogP contribution is -2.38. The van der Waals surface area contributed by atoms with Crippen LogP contribution < -0.4 is 5.32 Å². The fraction of sp³-hybridized carbons (Fsp3) is 0.412. The Morgan fingerprint density at radius 2 is 1.80 bits per heavy atom. The molecule has 0 unspecified atom stereocenters. The topological polar surface area (TPSA) is 37.8 Å². The van der Waals surface area contributed by atoms with E-state index in [2.05, 4.69) is 50.1 Å². The van der Waals surface area contributed by atoms with Gasteiger partial charge in [0.25, 0.3) is 0 Å². The molecule has 1 atom stereocenters. The highest BCUT2D eigenvalue weighted by Crippen LogP contribution is 2.19. The minimum Gasteiger partial charge on any atom is -0.311 e. The number of rotatable bonds is 4. The van der Waals surface area contributed by atoms with E-state index in [1.165, 1.54) is 0 Å². The van der Waals surface area contributed by atoms with Gasteiger partial charge in [-0.05, 0) is 45.0 Å². The fourth-order valence-corrected chi connectivity index (χ4v) is 1.97. The lowest BCUT2D eigenvalue weighted by molar-refractivity contribution is 0.410. The molecule has 2 heterocycles. The SMILES string of the molecule is C[C@H](CNC(C)(C)C)c1cccc(-c2ccncc2)n1. The molecule has 0 aromatic carbocycles. The van der Waals surface area contributed by atoms with Gasteiger partial charge in [0.05, 0.1) is 5.69 Å². The molecule has 0 fully saturated rings. The Morgan fingerprint density at radius 1 is 1.10 bits per heavy atom. The van der Waals surface area contributed by atoms with Crippen LogP contribution in [0.4, 0.5) is 0 Å². The average molecular weight is 269 g/mol. The van der Waals surface area contributed by atoms with Gasteiger partial charge in [0, 0.05) is 41.7 Å². The maximum absolute atomic E-state index is 4.78. The third kappa shape index (κ3) is 4.14. The van der Waals surface area contributed by atoms with E-state index in [1.54, 1.807) is 12.4 Å². The van der Waals surface area contributed by atoms with Crippen LogP contribution in [0.3, 0.4) is 0 Å². The molecule has 0 aliphatic carbocycles. The summed E-state index contributed by atoms with van der Waals surface area (Å²) >= 11 is 0. The number of hydrogen-bond donors (Lipinski definition) is 1. The van der Waals surface area contributed by atoms with Crippen LogP contribution in [0.15, 0.2) is 42.7 Å². The third-order valence-corrected chi connectivity index (χ3v) is 3.19. The Hall–Kier alpha value is -1.74. The molecule has 0 spiro atoms.